The van der Waals surface area contributed by atoms with Gasteiger partial charge in [0.05, 0.1) is 31.9 Å². The molecule has 1 N–H and O–H groups in total. The number of hydrogen-bond acceptors (Lipinski definition) is 5. The maximum absolute atomic E-state index is 10.3. The van der Waals surface area contributed by atoms with Gasteiger partial charge < -0.3 is 9.84 Å². The van der Waals surface area contributed by atoms with E-state index in [9.17, 15) is 5.11 Å². The second-order valence-corrected chi connectivity index (χ2v) is 9.69. The highest BCUT2D eigenvalue weighted by Crippen LogP contribution is 2.27. The van der Waals surface area contributed by atoms with Crippen LogP contribution in [-0.2, 0) is 6.54 Å². The summed E-state index contributed by atoms with van der Waals surface area (Å²) < 4.78 is 6.89. The first-order valence-electron chi connectivity index (χ1n) is 10.4. The molecular weight excluding hydrogens is 439 g/mol. The molecule has 0 saturated carbocycles. The predicted molar refractivity (Wildman–Crippen MR) is 125 cm³/mol. The Balaban J connectivity index is 1.15. The highest BCUT2D eigenvalue weighted by Gasteiger charge is 2.20. The minimum atomic E-state index is -0.434. The van der Waals surface area contributed by atoms with Crippen LogP contribution < -0.4 is 4.74 Å². The summed E-state index contributed by atoms with van der Waals surface area (Å²) in [6.45, 7) is 3.39. The number of halogens is 2. The van der Waals surface area contributed by atoms with Gasteiger partial charge in [-0.2, -0.15) is 0 Å². The molecule has 1 atom stereocenters. The molecule has 0 bridgehead atoms. The Morgan fingerprint density at radius 3 is 2.77 bits per heavy atom. The Kier molecular flexibility index (Phi) is 7.50. The van der Waals surface area contributed by atoms with Gasteiger partial charge in [-0.1, -0.05) is 29.3 Å². The van der Waals surface area contributed by atoms with E-state index in [1.807, 2.05) is 41.9 Å². The normalized spacial score (nSPS) is 16.8. The molecule has 1 aromatic heterocycles. The lowest BCUT2D eigenvalue weighted by atomic mass is 9.91. The third-order valence-electron chi connectivity index (χ3n) is 5.75. The lowest BCUT2D eigenvalue weighted by Gasteiger charge is -2.32. The van der Waals surface area contributed by atoms with Gasteiger partial charge in [0.15, 0.2) is 0 Å². The third kappa shape index (κ3) is 5.86. The number of likely N-dealkylation sites (tertiary alicyclic amines) is 1. The van der Waals surface area contributed by atoms with Crippen molar-refractivity contribution in [3.63, 3.8) is 0 Å². The van der Waals surface area contributed by atoms with Crippen molar-refractivity contribution in [2.45, 2.75) is 38.3 Å². The first kappa shape index (κ1) is 21.8. The van der Waals surface area contributed by atoms with Crippen LogP contribution in [0.4, 0.5) is 0 Å². The molecule has 0 amide bonds. The molecule has 160 valence electrons. The number of thiazole rings is 1. The Morgan fingerprint density at radius 2 is 1.97 bits per heavy atom. The zero-order valence-corrected chi connectivity index (χ0v) is 19.1. The van der Waals surface area contributed by atoms with E-state index >= 15 is 0 Å². The van der Waals surface area contributed by atoms with Crippen LogP contribution in [-0.4, -0.2) is 40.8 Å². The number of piperidine rings is 1. The van der Waals surface area contributed by atoms with E-state index in [1.165, 1.54) is 5.56 Å². The van der Waals surface area contributed by atoms with Gasteiger partial charge >= 0.3 is 0 Å². The summed E-state index contributed by atoms with van der Waals surface area (Å²) in [5.74, 6) is 1.46. The summed E-state index contributed by atoms with van der Waals surface area (Å²) >= 11 is 13.7. The first-order chi connectivity index (χ1) is 14.6. The lowest BCUT2D eigenvalue weighted by molar-refractivity contribution is 0.0865. The topological polar surface area (TPSA) is 45.6 Å². The Bertz CT molecular complexity index is 973. The fourth-order valence-corrected chi connectivity index (χ4v) is 4.98. The monoisotopic (exact) mass is 464 g/mol. The van der Waals surface area contributed by atoms with Gasteiger partial charge in [-0.05, 0) is 80.6 Å². The lowest BCUT2D eigenvalue weighted by Crippen LogP contribution is -2.33. The molecule has 4 rings (SSSR count). The van der Waals surface area contributed by atoms with E-state index in [2.05, 4.69) is 9.88 Å². The number of aliphatic hydroxyl groups is 1. The number of hydrogen-bond donors (Lipinski definition) is 1. The van der Waals surface area contributed by atoms with Crippen molar-refractivity contribution in [3.05, 3.63) is 57.5 Å². The molecule has 0 spiro atoms. The maximum atomic E-state index is 10.3. The fourth-order valence-electron chi connectivity index (χ4n) is 3.96. The highest BCUT2D eigenvalue weighted by molar-refractivity contribution is 7.16. The predicted octanol–water partition coefficient (Wildman–Crippen LogP) is 6.04. The average Bonchev–Trinajstić information content (AvgIpc) is 3.22. The van der Waals surface area contributed by atoms with Gasteiger partial charge in [-0.25, -0.2) is 4.98 Å². The van der Waals surface area contributed by atoms with Crippen LogP contribution in [0.2, 0.25) is 10.0 Å². The van der Waals surface area contributed by atoms with Crippen LogP contribution in [0.5, 0.6) is 5.75 Å². The standard InChI is InChI=1S/C23H26Cl2N2O2S/c24-20-5-2-17(11-21(20)25)13-27-9-7-16(8-10-27)1-3-18(28)14-29-19-4-6-22-23(12-19)30-15-26-22/h2,4-6,11-12,15-16,18,28H,1,3,7-10,13-14H2/t18-/m1/s1. The first-order valence-corrected chi connectivity index (χ1v) is 12.0. The quantitative estimate of drug-likeness (QED) is 0.441. The SMILES string of the molecule is O[C@H](CCC1CCN(Cc2ccc(Cl)c(Cl)c2)CC1)COc1ccc2ncsc2c1. The zero-order chi connectivity index (χ0) is 20.9. The number of ether oxygens (including phenoxy) is 1. The van der Waals surface area contributed by atoms with Crippen molar-refractivity contribution >= 4 is 44.8 Å². The molecule has 1 aliphatic heterocycles. The van der Waals surface area contributed by atoms with E-state index in [0.717, 1.165) is 61.3 Å². The van der Waals surface area contributed by atoms with E-state index in [4.69, 9.17) is 27.9 Å². The van der Waals surface area contributed by atoms with Crippen LogP contribution >= 0.6 is 34.5 Å². The molecule has 0 radical (unpaired) electrons. The van der Waals surface area contributed by atoms with Crippen molar-refractivity contribution in [1.82, 2.24) is 9.88 Å². The van der Waals surface area contributed by atoms with Crippen molar-refractivity contribution in [3.8, 4) is 5.75 Å². The van der Waals surface area contributed by atoms with Gasteiger partial charge in [0.1, 0.15) is 12.4 Å². The summed E-state index contributed by atoms with van der Waals surface area (Å²) in [7, 11) is 0. The molecule has 4 nitrogen and oxygen atoms in total. The van der Waals surface area contributed by atoms with Crippen molar-refractivity contribution in [2.75, 3.05) is 19.7 Å². The second-order valence-electron chi connectivity index (χ2n) is 7.99. The van der Waals surface area contributed by atoms with Gasteiger partial charge in [0.25, 0.3) is 0 Å². The molecule has 1 aliphatic rings. The number of fused-ring (bicyclic) bond motifs is 1. The fraction of sp³-hybridized carbons (Fsp3) is 0.435. The van der Waals surface area contributed by atoms with E-state index < -0.39 is 6.10 Å². The molecule has 7 heteroatoms. The minimum absolute atomic E-state index is 0.334. The zero-order valence-electron chi connectivity index (χ0n) is 16.8. The summed E-state index contributed by atoms with van der Waals surface area (Å²) in [5.41, 5.74) is 4.02. The molecule has 1 fully saturated rings. The largest absolute Gasteiger partial charge is 0.491 e. The Morgan fingerprint density at radius 1 is 1.13 bits per heavy atom. The van der Waals surface area contributed by atoms with E-state index in [-0.39, 0.29) is 0 Å². The van der Waals surface area contributed by atoms with E-state index in [1.54, 1.807) is 11.3 Å². The van der Waals surface area contributed by atoms with E-state index in [0.29, 0.717) is 22.6 Å². The molecular formula is C23H26Cl2N2O2S. The van der Waals surface area contributed by atoms with Crippen LogP contribution in [0, 0.1) is 5.92 Å². The molecule has 1 saturated heterocycles. The molecule has 2 aromatic carbocycles. The smallest absolute Gasteiger partial charge is 0.121 e. The minimum Gasteiger partial charge on any atom is -0.491 e. The summed E-state index contributed by atoms with van der Waals surface area (Å²) in [4.78, 5) is 6.73. The van der Waals surface area contributed by atoms with Crippen LogP contribution in [0.15, 0.2) is 41.9 Å². The van der Waals surface area contributed by atoms with Gasteiger partial charge in [-0.15, -0.1) is 11.3 Å². The van der Waals surface area contributed by atoms with Crippen molar-refractivity contribution < 1.29 is 9.84 Å². The van der Waals surface area contributed by atoms with Crippen LogP contribution in [0.25, 0.3) is 10.2 Å². The average molecular weight is 465 g/mol. The number of aromatic nitrogens is 1. The van der Waals surface area contributed by atoms with Crippen molar-refractivity contribution in [1.29, 1.82) is 0 Å². The van der Waals surface area contributed by atoms with Crippen LogP contribution in [0.3, 0.4) is 0 Å². The molecule has 0 aliphatic carbocycles. The Labute approximate surface area is 191 Å². The third-order valence-corrected chi connectivity index (χ3v) is 7.28. The van der Waals surface area contributed by atoms with Gasteiger partial charge in [0, 0.05) is 6.54 Å². The van der Waals surface area contributed by atoms with Gasteiger partial charge in [-0.3, -0.25) is 4.90 Å². The number of benzene rings is 2. The molecule has 2 heterocycles. The second kappa shape index (κ2) is 10.3. The summed E-state index contributed by atoms with van der Waals surface area (Å²) in [6, 6.07) is 11.7. The molecule has 0 unspecified atom stereocenters. The summed E-state index contributed by atoms with van der Waals surface area (Å²) in [6.07, 6.45) is 3.71. The Hall–Kier alpha value is -1.37. The number of aliphatic hydroxyl groups excluding tert-OH is 1. The maximum Gasteiger partial charge on any atom is 0.121 e. The summed E-state index contributed by atoms with van der Waals surface area (Å²) in [5, 5.41) is 11.6. The van der Waals surface area contributed by atoms with Crippen LogP contribution in [0.1, 0.15) is 31.2 Å². The highest BCUT2D eigenvalue weighted by atomic mass is 35.5. The molecule has 30 heavy (non-hydrogen) atoms. The number of rotatable bonds is 8. The molecule has 3 aromatic rings. The van der Waals surface area contributed by atoms with Crippen molar-refractivity contribution in [2.24, 2.45) is 5.92 Å². The van der Waals surface area contributed by atoms with Gasteiger partial charge in [0.2, 0.25) is 0 Å². The number of nitrogens with zero attached hydrogens (tertiary/aromatic N) is 2.